The van der Waals surface area contributed by atoms with Gasteiger partial charge in [-0.05, 0) is 55.5 Å². The molecule has 0 aliphatic rings. The first kappa shape index (κ1) is 21.0. The monoisotopic (exact) mass is 432 g/mol. The molecular formula is C21H25BrN2O3. The van der Waals surface area contributed by atoms with Gasteiger partial charge in [-0.15, -0.1) is 0 Å². The summed E-state index contributed by atoms with van der Waals surface area (Å²) in [7, 11) is 0. The first-order valence-corrected chi connectivity index (χ1v) is 9.74. The third-order valence-corrected chi connectivity index (χ3v) is 5.32. The fourth-order valence-corrected chi connectivity index (χ4v) is 2.86. The zero-order valence-electron chi connectivity index (χ0n) is 16.0. The third-order valence-electron chi connectivity index (χ3n) is 4.47. The molecule has 0 fully saturated rings. The van der Waals surface area contributed by atoms with Crippen LogP contribution in [0.15, 0.2) is 46.9 Å². The Morgan fingerprint density at radius 3 is 2.48 bits per heavy atom. The normalized spacial score (nSPS) is 12.8. The summed E-state index contributed by atoms with van der Waals surface area (Å²) in [5.41, 5.74) is 7.38. The molecule has 0 heterocycles. The lowest BCUT2D eigenvalue weighted by Crippen LogP contribution is -2.47. The second kappa shape index (κ2) is 9.55. The van der Waals surface area contributed by atoms with Crippen LogP contribution in [0.4, 0.5) is 0 Å². The van der Waals surface area contributed by atoms with Crippen molar-refractivity contribution in [1.82, 2.24) is 10.9 Å². The largest absolute Gasteiger partial charge is 0.481 e. The lowest BCUT2D eigenvalue weighted by atomic mass is 9.98. The van der Waals surface area contributed by atoms with Gasteiger partial charge in [0.2, 0.25) is 0 Å². The van der Waals surface area contributed by atoms with Crippen LogP contribution >= 0.6 is 15.9 Å². The molecule has 2 aromatic rings. The molecule has 0 saturated carbocycles. The Bertz CT molecular complexity index is 823. The zero-order chi connectivity index (χ0) is 20.0. The molecule has 2 N–H and O–H groups in total. The van der Waals surface area contributed by atoms with Gasteiger partial charge in [-0.3, -0.25) is 20.4 Å². The third kappa shape index (κ3) is 5.57. The fourth-order valence-electron chi connectivity index (χ4n) is 2.49. The fraction of sp³-hybridized carbons (Fsp3) is 0.333. The number of nitrogens with one attached hydrogen (secondary N) is 2. The zero-order valence-corrected chi connectivity index (χ0v) is 17.6. The average Bonchev–Trinajstić information content (AvgIpc) is 2.67. The van der Waals surface area contributed by atoms with Crippen molar-refractivity contribution in [2.45, 2.75) is 46.1 Å². The Hall–Kier alpha value is -2.34. The highest BCUT2D eigenvalue weighted by Crippen LogP contribution is 2.29. The Labute approximate surface area is 168 Å². The van der Waals surface area contributed by atoms with E-state index in [1.54, 1.807) is 19.1 Å². The van der Waals surface area contributed by atoms with Crippen molar-refractivity contribution in [3.63, 3.8) is 0 Å². The number of hydrogen-bond donors (Lipinski definition) is 2. The van der Waals surface area contributed by atoms with Gasteiger partial charge < -0.3 is 4.74 Å². The quantitative estimate of drug-likeness (QED) is 0.660. The highest BCUT2D eigenvalue weighted by Gasteiger charge is 2.18. The van der Waals surface area contributed by atoms with Crippen molar-refractivity contribution in [2.24, 2.45) is 0 Å². The van der Waals surface area contributed by atoms with E-state index in [-0.39, 0.29) is 0 Å². The average molecular weight is 433 g/mol. The number of halogens is 1. The number of hydrogen-bond acceptors (Lipinski definition) is 3. The maximum atomic E-state index is 12.3. The summed E-state index contributed by atoms with van der Waals surface area (Å²) in [6, 6.07) is 12.9. The van der Waals surface area contributed by atoms with Gasteiger partial charge in [0.05, 0.1) is 0 Å². The van der Waals surface area contributed by atoms with Crippen molar-refractivity contribution < 1.29 is 14.3 Å². The number of carbonyl (C=O) groups excluding carboxylic acids is 2. The first-order chi connectivity index (χ1) is 12.8. The van der Waals surface area contributed by atoms with Crippen LogP contribution in [-0.2, 0) is 4.79 Å². The molecule has 0 spiro atoms. The van der Waals surface area contributed by atoms with Crippen LogP contribution in [-0.4, -0.2) is 17.9 Å². The second-order valence-electron chi connectivity index (χ2n) is 6.51. The van der Waals surface area contributed by atoms with E-state index in [1.165, 1.54) is 0 Å². The summed E-state index contributed by atoms with van der Waals surface area (Å²) < 4.78 is 6.67. The van der Waals surface area contributed by atoms with Gasteiger partial charge in [0.1, 0.15) is 5.75 Å². The maximum Gasteiger partial charge on any atom is 0.279 e. The maximum absolute atomic E-state index is 12.3. The van der Waals surface area contributed by atoms with E-state index in [9.17, 15) is 9.59 Å². The summed E-state index contributed by atoms with van der Waals surface area (Å²) >= 11 is 3.39. The number of benzene rings is 2. The Balaban J connectivity index is 1.96. The molecule has 27 heavy (non-hydrogen) atoms. The van der Waals surface area contributed by atoms with Gasteiger partial charge in [0.25, 0.3) is 11.8 Å². The van der Waals surface area contributed by atoms with Crippen LogP contribution in [0.25, 0.3) is 0 Å². The van der Waals surface area contributed by atoms with Crippen LogP contribution in [0.2, 0.25) is 0 Å². The summed E-state index contributed by atoms with van der Waals surface area (Å²) in [6.07, 6.45) is 0.226. The molecule has 2 aromatic carbocycles. The SMILES string of the molecule is CCC(C)c1ccccc1OC(C)C(=O)NNC(=O)c1ccc(C)c(Br)c1. The second-order valence-corrected chi connectivity index (χ2v) is 7.37. The minimum atomic E-state index is -0.750. The molecule has 5 nitrogen and oxygen atoms in total. The minimum Gasteiger partial charge on any atom is -0.481 e. The number of para-hydroxylation sites is 1. The molecule has 2 unspecified atom stereocenters. The van der Waals surface area contributed by atoms with E-state index in [4.69, 9.17) is 4.74 Å². The van der Waals surface area contributed by atoms with E-state index in [0.29, 0.717) is 17.2 Å². The molecule has 0 radical (unpaired) electrons. The molecule has 2 atom stereocenters. The number of aryl methyl sites for hydroxylation is 1. The Morgan fingerprint density at radius 1 is 1.11 bits per heavy atom. The van der Waals surface area contributed by atoms with Gasteiger partial charge in [-0.25, -0.2) is 0 Å². The van der Waals surface area contributed by atoms with Crippen LogP contribution in [0, 0.1) is 6.92 Å². The highest BCUT2D eigenvalue weighted by atomic mass is 79.9. The van der Waals surface area contributed by atoms with Crippen molar-refractivity contribution in [1.29, 1.82) is 0 Å². The minimum absolute atomic E-state index is 0.330. The molecular weight excluding hydrogens is 408 g/mol. The number of ether oxygens (including phenoxy) is 1. The number of rotatable bonds is 6. The molecule has 0 aromatic heterocycles. The van der Waals surface area contributed by atoms with E-state index in [1.807, 2.05) is 37.3 Å². The molecule has 0 saturated heterocycles. The molecule has 2 amide bonds. The Morgan fingerprint density at radius 2 is 1.81 bits per heavy atom. The summed E-state index contributed by atoms with van der Waals surface area (Å²) in [4.78, 5) is 24.5. The van der Waals surface area contributed by atoms with E-state index >= 15 is 0 Å². The van der Waals surface area contributed by atoms with E-state index < -0.39 is 17.9 Å². The number of carbonyl (C=O) groups is 2. The predicted octanol–water partition coefficient (Wildman–Crippen LogP) is 4.50. The van der Waals surface area contributed by atoms with Gasteiger partial charge in [-0.1, -0.05) is 54.0 Å². The number of amides is 2. The predicted molar refractivity (Wildman–Crippen MR) is 110 cm³/mol. The van der Waals surface area contributed by atoms with Crippen LogP contribution < -0.4 is 15.6 Å². The van der Waals surface area contributed by atoms with Gasteiger partial charge in [0.15, 0.2) is 6.10 Å². The standard InChI is InChI=1S/C21H25BrN2O3/c1-5-13(2)17-8-6-7-9-19(17)27-15(4)20(25)23-24-21(26)16-11-10-14(3)18(22)12-16/h6-13,15H,5H2,1-4H3,(H,23,25)(H,24,26). The Kier molecular flexibility index (Phi) is 7.42. The molecule has 0 bridgehead atoms. The van der Waals surface area contributed by atoms with Crippen LogP contribution in [0.1, 0.15) is 54.6 Å². The molecule has 0 aliphatic carbocycles. The smallest absolute Gasteiger partial charge is 0.279 e. The van der Waals surface area contributed by atoms with Crippen LogP contribution in [0.3, 0.4) is 0 Å². The summed E-state index contributed by atoms with van der Waals surface area (Å²) in [5.74, 6) is 0.198. The van der Waals surface area contributed by atoms with Crippen molar-refractivity contribution in [3.8, 4) is 5.75 Å². The molecule has 144 valence electrons. The lowest BCUT2D eigenvalue weighted by Gasteiger charge is -2.19. The van der Waals surface area contributed by atoms with Crippen molar-refractivity contribution >= 4 is 27.7 Å². The van der Waals surface area contributed by atoms with Gasteiger partial charge in [0, 0.05) is 10.0 Å². The lowest BCUT2D eigenvalue weighted by molar-refractivity contribution is -0.128. The van der Waals surface area contributed by atoms with Gasteiger partial charge in [-0.2, -0.15) is 0 Å². The highest BCUT2D eigenvalue weighted by molar-refractivity contribution is 9.10. The first-order valence-electron chi connectivity index (χ1n) is 8.95. The number of hydrazine groups is 1. The molecule has 6 heteroatoms. The van der Waals surface area contributed by atoms with Crippen LogP contribution in [0.5, 0.6) is 5.75 Å². The van der Waals surface area contributed by atoms with E-state index in [2.05, 4.69) is 40.6 Å². The molecule has 2 rings (SSSR count). The summed E-state index contributed by atoms with van der Waals surface area (Å²) in [6.45, 7) is 7.81. The topological polar surface area (TPSA) is 67.4 Å². The van der Waals surface area contributed by atoms with Crippen molar-refractivity contribution in [2.75, 3.05) is 0 Å². The van der Waals surface area contributed by atoms with Crippen molar-refractivity contribution in [3.05, 3.63) is 63.6 Å². The van der Waals surface area contributed by atoms with E-state index in [0.717, 1.165) is 22.0 Å². The summed E-state index contributed by atoms with van der Waals surface area (Å²) in [5, 5.41) is 0. The molecule has 0 aliphatic heterocycles. The van der Waals surface area contributed by atoms with Gasteiger partial charge >= 0.3 is 0 Å².